The van der Waals surface area contributed by atoms with Crippen LogP contribution in [0, 0.1) is 0 Å². The van der Waals surface area contributed by atoms with E-state index >= 15 is 0 Å². The van der Waals surface area contributed by atoms with Crippen LogP contribution in [0.4, 0.5) is 0 Å². The van der Waals surface area contributed by atoms with Gasteiger partial charge in [0.15, 0.2) is 0 Å². The lowest BCUT2D eigenvalue weighted by Crippen LogP contribution is -2.25. The molecule has 306 valence electrons. The van der Waals surface area contributed by atoms with E-state index in [4.69, 9.17) is 8.83 Å². The molecule has 0 saturated heterocycles. The molecule has 12 aromatic rings. The Hall–Kier alpha value is -7.94. The zero-order chi connectivity index (χ0) is 43.0. The number of rotatable bonds is 4. The molecular formula is C63H42O2. The third-order valence-corrected chi connectivity index (χ3v) is 14.8. The van der Waals surface area contributed by atoms with Gasteiger partial charge < -0.3 is 8.83 Å². The number of benzene rings is 10. The van der Waals surface area contributed by atoms with Crippen LogP contribution >= 0.6 is 0 Å². The average Bonchev–Trinajstić information content (AvgIpc) is 3.99. The first-order chi connectivity index (χ1) is 32.0. The standard InChI is InChI=1S/C63H42O2/c1-63(2)55-28-25-39(33-51(55)52-32-37-13-3-4-14-38(37)36-56(52)63)40-26-29-58-53(34-40)54-35-43(27-30-59(54)64-58)61-48-20-7-5-18-46(48)60(47-19-6-8-21-49(47)61)42-16-11-15-41(31-42)44-22-12-23-50-45-17-9-10-24-57(45)65-62(44)50/h3-25,27-36,40H,26H2,1-2H3. The van der Waals surface area contributed by atoms with E-state index in [1.807, 2.05) is 6.07 Å². The van der Waals surface area contributed by atoms with Gasteiger partial charge in [-0.1, -0.05) is 172 Å². The highest BCUT2D eigenvalue weighted by Gasteiger charge is 2.36. The molecule has 0 saturated carbocycles. The van der Waals surface area contributed by atoms with Crippen LogP contribution in [0.1, 0.15) is 42.9 Å². The van der Waals surface area contributed by atoms with E-state index in [1.54, 1.807) is 0 Å². The Kier molecular flexibility index (Phi) is 7.61. The lowest BCUT2D eigenvalue weighted by Gasteiger charge is -2.22. The van der Waals surface area contributed by atoms with E-state index in [0.29, 0.717) is 0 Å². The summed E-state index contributed by atoms with van der Waals surface area (Å²) in [6, 6.07) is 69.2. The Morgan fingerprint density at radius 1 is 0.431 bits per heavy atom. The minimum absolute atomic E-state index is 0.0536. The lowest BCUT2D eigenvalue weighted by atomic mass is 9.81. The maximum Gasteiger partial charge on any atom is 0.143 e. The fourth-order valence-electron chi connectivity index (χ4n) is 11.6. The molecule has 0 fully saturated rings. The van der Waals surface area contributed by atoms with E-state index in [-0.39, 0.29) is 11.3 Å². The van der Waals surface area contributed by atoms with Gasteiger partial charge in [0.25, 0.3) is 0 Å². The minimum atomic E-state index is -0.0536. The van der Waals surface area contributed by atoms with E-state index in [9.17, 15) is 0 Å². The predicted molar refractivity (Wildman–Crippen MR) is 272 cm³/mol. The second-order valence-electron chi connectivity index (χ2n) is 18.7. The van der Waals surface area contributed by atoms with Crippen LogP contribution in [0.5, 0.6) is 0 Å². The van der Waals surface area contributed by atoms with Crippen molar-refractivity contribution in [3.8, 4) is 44.5 Å². The van der Waals surface area contributed by atoms with E-state index in [0.717, 1.165) is 55.9 Å². The molecule has 2 heterocycles. The molecule has 0 spiro atoms. The maximum atomic E-state index is 6.60. The summed E-state index contributed by atoms with van der Waals surface area (Å²) in [6.07, 6.45) is 5.67. The SMILES string of the molecule is CC1(C)c2ccc(C3C=c4c(oc5ccc(-c6c7ccccc7c(-c7cccc(-c8cccc9c8oc8ccccc89)c7)c7ccccc67)cc45)=CC3)cc2-c2cc3ccccc3cc21. The summed E-state index contributed by atoms with van der Waals surface area (Å²) in [5, 5.41) is 12.1. The number of furan rings is 2. The fraction of sp³-hybridized carbons (Fsp3) is 0.0794. The van der Waals surface area contributed by atoms with Gasteiger partial charge in [0.2, 0.25) is 0 Å². The normalized spacial score (nSPS) is 15.1. The molecular weight excluding hydrogens is 789 g/mol. The molecule has 1 unspecified atom stereocenters. The molecule has 1 atom stereocenters. The second kappa shape index (κ2) is 13.5. The highest BCUT2D eigenvalue weighted by Crippen LogP contribution is 2.51. The summed E-state index contributed by atoms with van der Waals surface area (Å²) in [5.41, 5.74) is 17.6. The molecule has 65 heavy (non-hydrogen) atoms. The van der Waals surface area contributed by atoms with Crippen LogP contribution < -0.4 is 10.6 Å². The van der Waals surface area contributed by atoms with Gasteiger partial charge in [0.05, 0.1) is 0 Å². The lowest BCUT2D eigenvalue weighted by molar-refractivity contribution is 0.570. The topological polar surface area (TPSA) is 26.3 Å². The summed E-state index contributed by atoms with van der Waals surface area (Å²) in [5.74, 6) is 0.236. The first-order valence-corrected chi connectivity index (χ1v) is 22.8. The van der Waals surface area contributed by atoms with Crippen LogP contribution in [0.2, 0.25) is 0 Å². The third-order valence-electron chi connectivity index (χ3n) is 14.8. The van der Waals surface area contributed by atoms with Gasteiger partial charge in [0.1, 0.15) is 22.2 Å². The highest BCUT2D eigenvalue weighted by atomic mass is 16.3. The van der Waals surface area contributed by atoms with Crippen LogP contribution in [0.15, 0.2) is 197 Å². The van der Waals surface area contributed by atoms with E-state index in [1.165, 1.54) is 87.6 Å². The van der Waals surface area contributed by atoms with Crippen molar-refractivity contribution in [2.75, 3.05) is 0 Å². The van der Waals surface area contributed by atoms with Crippen LogP contribution in [-0.4, -0.2) is 0 Å². The number of hydrogen-bond donors (Lipinski definition) is 0. The van der Waals surface area contributed by atoms with Gasteiger partial charge in [-0.3, -0.25) is 0 Å². The molecule has 0 N–H and O–H groups in total. The number of hydrogen-bond acceptors (Lipinski definition) is 2. The summed E-state index contributed by atoms with van der Waals surface area (Å²) < 4.78 is 13.1. The van der Waals surface area contributed by atoms with E-state index in [2.05, 4.69) is 208 Å². The zero-order valence-corrected chi connectivity index (χ0v) is 36.2. The second-order valence-corrected chi connectivity index (χ2v) is 18.7. The first-order valence-electron chi connectivity index (χ1n) is 22.8. The molecule has 0 bridgehead atoms. The van der Waals surface area contributed by atoms with Crippen molar-refractivity contribution in [3.05, 3.63) is 215 Å². The van der Waals surface area contributed by atoms with Crippen molar-refractivity contribution in [3.63, 3.8) is 0 Å². The quantitative estimate of drug-likeness (QED) is 0.165. The van der Waals surface area contributed by atoms with Gasteiger partial charge in [-0.15, -0.1) is 0 Å². The van der Waals surface area contributed by atoms with Gasteiger partial charge >= 0.3 is 0 Å². The Morgan fingerprint density at radius 3 is 1.82 bits per heavy atom. The summed E-state index contributed by atoms with van der Waals surface area (Å²) in [7, 11) is 0. The largest absolute Gasteiger partial charge is 0.456 e. The molecule has 14 rings (SSSR count). The van der Waals surface area contributed by atoms with Crippen molar-refractivity contribution < 1.29 is 8.83 Å². The van der Waals surface area contributed by atoms with Gasteiger partial charge in [0, 0.05) is 38.3 Å². The summed E-state index contributed by atoms with van der Waals surface area (Å²) in [4.78, 5) is 0. The van der Waals surface area contributed by atoms with Gasteiger partial charge in [-0.25, -0.2) is 0 Å². The monoisotopic (exact) mass is 830 g/mol. The molecule has 2 aliphatic rings. The Morgan fingerprint density at radius 2 is 1.05 bits per heavy atom. The first kappa shape index (κ1) is 36.5. The van der Waals surface area contributed by atoms with Crippen molar-refractivity contribution in [2.45, 2.75) is 31.6 Å². The third kappa shape index (κ3) is 5.35. The minimum Gasteiger partial charge on any atom is -0.456 e. The van der Waals surface area contributed by atoms with Gasteiger partial charge in [-0.2, -0.15) is 0 Å². The number of para-hydroxylation sites is 2. The molecule has 0 aliphatic heterocycles. The maximum absolute atomic E-state index is 6.60. The molecule has 2 nitrogen and oxygen atoms in total. The van der Waals surface area contributed by atoms with Crippen LogP contribution in [-0.2, 0) is 5.41 Å². The smallest absolute Gasteiger partial charge is 0.143 e. The van der Waals surface area contributed by atoms with Crippen molar-refractivity contribution >= 4 is 77.4 Å². The molecule has 0 amide bonds. The van der Waals surface area contributed by atoms with E-state index < -0.39 is 0 Å². The van der Waals surface area contributed by atoms with Crippen molar-refractivity contribution in [1.29, 1.82) is 0 Å². The van der Waals surface area contributed by atoms with Crippen LogP contribution in [0.3, 0.4) is 0 Å². The molecule has 2 aromatic heterocycles. The molecule has 0 radical (unpaired) electrons. The Bertz CT molecular complexity index is 4080. The molecule has 2 heteroatoms. The van der Waals surface area contributed by atoms with Crippen LogP contribution in [0.25, 0.3) is 122 Å². The Balaban J connectivity index is 0.903. The van der Waals surface area contributed by atoms with Crippen molar-refractivity contribution in [1.82, 2.24) is 0 Å². The summed E-state index contributed by atoms with van der Waals surface area (Å²) >= 11 is 0. The zero-order valence-electron chi connectivity index (χ0n) is 36.2. The molecule has 2 aliphatic carbocycles. The fourth-order valence-corrected chi connectivity index (χ4v) is 11.6. The Labute approximate surface area is 376 Å². The summed E-state index contributed by atoms with van der Waals surface area (Å²) in [6.45, 7) is 4.74. The molecule has 10 aromatic carbocycles. The van der Waals surface area contributed by atoms with Crippen molar-refractivity contribution in [2.24, 2.45) is 0 Å². The average molecular weight is 831 g/mol. The predicted octanol–water partition coefficient (Wildman–Crippen LogP) is 15.8. The van der Waals surface area contributed by atoms with Gasteiger partial charge in [-0.05, 0) is 137 Å². The number of fused-ring (bicyclic) bond motifs is 12. The highest BCUT2D eigenvalue weighted by molar-refractivity contribution is 6.22.